The van der Waals surface area contributed by atoms with Gasteiger partial charge in [-0.2, -0.15) is 0 Å². The number of carboxylic acid groups (broad SMARTS) is 2. The van der Waals surface area contributed by atoms with Gasteiger partial charge in [0, 0.05) is 50.4 Å². The average molecular weight is 893 g/mol. The number of thiophene rings is 1. The minimum atomic E-state index is -3.72. The van der Waals surface area contributed by atoms with Crippen molar-refractivity contribution in [2.24, 2.45) is 7.05 Å². The van der Waals surface area contributed by atoms with Crippen LogP contribution in [0.5, 0.6) is 5.75 Å². The number of piperidine rings is 2. The summed E-state index contributed by atoms with van der Waals surface area (Å²) in [5, 5.41) is 27.2. The molecule has 2 saturated heterocycles. The first-order valence-electron chi connectivity index (χ1n) is 19.3. The molecule has 1 unspecified atom stereocenters. The number of halogens is 1. The maximum atomic E-state index is 13.6. The molecule has 0 aliphatic carbocycles. The molecular weight excluding hydrogens is 852 g/mol. The standard InChI is InChI=1S/C41H41ClN6O11S2/c1-46-35-24(6-4-10-29(35)48(41(46)56)30-12-14-32(50)45-39(30)53)11-13-31(49)44-27-8-2-5-23(19-27)22-61(57,58)47-17-15-26(16-18-47)43-28-9-3-7-25(20-28)37-34(42)36(59-21-33(51)52)38(60-37)40(54)55/h2-10,19-20,26,30,43H,11-18,21-22H2,1H3,(H,44,49)(H,51,52)(H,54,55)(H,45,50,53). The third-order valence-corrected chi connectivity index (χ3v) is 14.1. The topological polar surface area (TPSA) is 235 Å². The van der Waals surface area contributed by atoms with Gasteiger partial charge in [-0.15, -0.1) is 11.3 Å². The van der Waals surface area contributed by atoms with E-state index in [0.717, 1.165) is 16.9 Å². The van der Waals surface area contributed by atoms with Gasteiger partial charge in [0.05, 0.1) is 21.7 Å². The van der Waals surface area contributed by atoms with Gasteiger partial charge in [-0.05, 0) is 72.7 Å². The number of hydrogen-bond donors (Lipinski definition) is 5. The molecule has 320 valence electrons. The fourth-order valence-electron chi connectivity index (χ4n) is 7.71. The van der Waals surface area contributed by atoms with Crippen molar-refractivity contribution in [2.75, 3.05) is 30.3 Å². The maximum absolute atomic E-state index is 13.6. The van der Waals surface area contributed by atoms with Crippen LogP contribution in [0.4, 0.5) is 11.4 Å². The lowest BCUT2D eigenvalue weighted by molar-refractivity contribution is -0.139. The summed E-state index contributed by atoms with van der Waals surface area (Å²) in [7, 11) is -2.12. The Labute approximate surface area is 357 Å². The van der Waals surface area contributed by atoms with E-state index < -0.39 is 46.2 Å². The number of amides is 3. The molecule has 2 aliphatic rings. The highest BCUT2D eigenvalue weighted by atomic mass is 35.5. The van der Waals surface area contributed by atoms with Crippen LogP contribution in [-0.2, 0) is 48.4 Å². The Balaban J connectivity index is 0.935. The van der Waals surface area contributed by atoms with E-state index in [9.17, 15) is 42.3 Å². The third kappa shape index (κ3) is 9.49. The molecule has 0 spiro atoms. The number of carbonyl (C=O) groups excluding carboxylic acids is 3. The molecule has 2 aliphatic heterocycles. The van der Waals surface area contributed by atoms with Crippen LogP contribution in [0.1, 0.15) is 58.9 Å². The number of aliphatic carboxylic acids is 1. The Kier molecular flexibility index (Phi) is 12.6. The van der Waals surface area contributed by atoms with Gasteiger partial charge in [-0.1, -0.05) is 48.0 Å². The van der Waals surface area contributed by atoms with Crippen LogP contribution in [0, 0.1) is 0 Å². The summed E-state index contributed by atoms with van der Waals surface area (Å²) in [6, 6.07) is 18.2. The fourth-order valence-corrected chi connectivity index (χ4v) is 10.7. The number of rotatable bonds is 15. The first-order chi connectivity index (χ1) is 29.1. The molecule has 2 fully saturated rings. The number of fused-ring (bicyclic) bond motifs is 1. The van der Waals surface area contributed by atoms with E-state index in [2.05, 4.69) is 16.0 Å². The summed E-state index contributed by atoms with van der Waals surface area (Å²) in [4.78, 5) is 73.8. The monoisotopic (exact) mass is 892 g/mol. The number of aryl methyl sites for hydroxylation is 2. The van der Waals surface area contributed by atoms with Gasteiger partial charge in [-0.25, -0.2) is 27.1 Å². The summed E-state index contributed by atoms with van der Waals surface area (Å²) in [5.41, 5.74) is 3.68. The van der Waals surface area contributed by atoms with Gasteiger partial charge in [0.2, 0.25) is 27.7 Å². The van der Waals surface area contributed by atoms with Crippen LogP contribution in [0.3, 0.4) is 0 Å². The van der Waals surface area contributed by atoms with E-state index in [4.69, 9.17) is 21.4 Å². The Morgan fingerprint density at radius 2 is 1.69 bits per heavy atom. The highest BCUT2D eigenvalue weighted by Crippen LogP contribution is 2.46. The van der Waals surface area contributed by atoms with Gasteiger partial charge in [0.25, 0.3) is 0 Å². The van der Waals surface area contributed by atoms with Crippen molar-refractivity contribution in [1.82, 2.24) is 18.8 Å². The van der Waals surface area contributed by atoms with Crippen molar-refractivity contribution in [3.63, 3.8) is 0 Å². The molecule has 3 aromatic carbocycles. The van der Waals surface area contributed by atoms with Crippen molar-refractivity contribution in [3.05, 3.63) is 98.2 Å². The Morgan fingerprint density at radius 1 is 0.967 bits per heavy atom. The number of nitrogens with one attached hydrogen (secondary N) is 3. The highest BCUT2D eigenvalue weighted by Gasteiger charge is 2.32. The van der Waals surface area contributed by atoms with Crippen molar-refractivity contribution in [1.29, 1.82) is 0 Å². The lowest BCUT2D eigenvalue weighted by Crippen LogP contribution is -2.44. The molecule has 2 aromatic heterocycles. The van der Waals surface area contributed by atoms with E-state index in [-0.39, 0.29) is 78.0 Å². The number of sulfonamides is 1. The predicted molar refractivity (Wildman–Crippen MR) is 228 cm³/mol. The number of carbonyl (C=O) groups is 5. The molecule has 5 aromatic rings. The number of nitrogens with zero attached hydrogens (tertiary/aromatic N) is 3. The number of anilines is 2. The second-order valence-electron chi connectivity index (χ2n) is 14.8. The normalized spacial score (nSPS) is 16.3. The van der Waals surface area contributed by atoms with E-state index in [0.29, 0.717) is 51.3 Å². The smallest absolute Gasteiger partial charge is 0.349 e. The van der Waals surface area contributed by atoms with Crippen LogP contribution in [0.25, 0.3) is 21.5 Å². The zero-order valence-electron chi connectivity index (χ0n) is 32.7. The van der Waals surface area contributed by atoms with Crippen LogP contribution in [0.15, 0.2) is 71.5 Å². The first kappa shape index (κ1) is 43.1. The van der Waals surface area contributed by atoms with Crippen LogP contribution in [-0.4, -0.2) is 87.5 Å². The van der Waals surface area contributed by atoms with Gasteiger partial charge in [0.15, 0.2) is 17.2 Å². The first-order valence-corrected chi connectivity index (χ1v) is 22.1. The molecule has 3 amide bonds. The summed E-state index contributed by atoms with van der Waals surface area (Å²) >= 11 is 7.34. The summed E-state index contributed by atoms with van der Waals surface area (Å²) in [6.07, 6.45) is 1.69. The third-order valence-electron chi connectivity index (χ3n) is 10.6. The molecule has 4 heterocycles. The summed E-state index contributed by atoms with van der Waals surface area (Å²) < 4.78 is 36.6. The number of benzene rings is 3. The number of imide groups is 1. The zero-order valence-corrected chi connectivity index (χ0v) is 35.1. The molecule has 0 radical (unpaired) electrons. The molecule has 17 nitrogen and oxygen atoms in total. The summed E-state index contributed by atoms with van der Waals surface area (Å²) in [5.74, 6) is -4.28. The van der Waals surface area contributed by atoms with E-state index in [1.54, 1.807) is 61.6 Å². The van der Waals surface area contributed by atoms with Gasteiger partial charge >= 0.3 is 17.6 Å². The van der Waals surface area contributed by atoms with Crippen LogP contribution >= 0.6 is 22.9 Å². The average Bonchev–Trinajstić information content (AvgIpc) is 3.68. The van der Waals surface area contributed by atoms with Crippen molar-refractivity contribution >= 4 is 85.0 Å². The number of imidazole rings is 1. The van der Waals surface area contributed by atoms with Gasteiger partial charge in [-0.3, -0.25) is 28.8 Å². The quantitative estimate of drug-likeness (QED) is 0.0889. The number of carboxylic acids is 2. The second kappa shape index (κ2) is 17.9. The largest absolute Gasteiger partial charge is 0.479 e. The number of aromatic carboxylic acids is 1. The van der Waals surface area contributed by atoms with E-state index in [1.807, 2.05) is 12.1 Å². The molecule has 5 N–H and O–H groups in total. The maximum Gasteiger partial charge on any atom is 0.349 e. The molecule has 61 heavy (non-hydrogen) atoms. The second-order valence-corrected chi connectivity index (χ2v) is 18.1. The number of aromatic nitrogens is 2. The molecule has 0 saturated carbocycles. The van der Waals surface area contributed by atoms with Crippen LogP contribution in [0.2, 0.25) is 5.02 Å². The molecular formula is C41H41ClN6O11S2. The lowest BCUT2D eigenvalue weighted by Gasteiger charge is -2.32. The summed E-state index contributed by atoms with van der Waals surface area (Å²) in [6.45, 7) is -0.208. The van der Waals surface area contributed by atoms with Crippen molar-refractivity contribution < 1.29 is 47.3 Å². The van der Waals surface area contributed by atoms with Crippen molar-refractivity contribution in [3.8, 4) is 16.2 Å². The lowest BCUT2D eigenvalue weighted by atomic mass is 10.0. The predicted octanol–water partition coefficient (Wildman–Crippen LogP) is 4.84. The minimum absolute atomic E-state index is 0.00581. The van der Waals surface area contributed by atoms with E-state index in [1.165, 1.54) is 13.4 Å². The molecule has 1 atom stereocenters. The Morgan fingerprint density at radius 3 is 2.41 bits per heavy atom. The van der Waals surface area contributed by atoms with Gasteiger partial charge < -0.3 is 25.6 Å². The minimum Gasteiger partial charge on any atom is -0.479 e. The fraction of sp³-hybridized carbons (Fsp3) is 0.317. The number of hydrogen-bond acceptors (Lipinski definition) is 11. The van der Waals surface area contributed by atoms with Crippen LogP contribution < -0.4 is 26.4 Å². The van der Waals surface area contributed by atoms with Crippen molar-refractivity contribution in [2.45, 2.75) is 56.4 Å². The Bertz CT molecular complexity index is 2740. The number of ether oxygens (including phenoxy) is 1. The highest BCUT2D eigenvalue weighted by molar-refractivity contribution is 7.88. The molecule has 7 rings (SSSR count). The van der Waals surface area contributed by atoms with Gasteiger partial charge in [0.1, 0.15) is 11.1 Å². The Hall–Kier alpha value is -6.02. The molecule has 0 bridgehead atoms. The van der Waals surface area contributed by atoms with E-state index >= 15 is 0 Å². The number of para-hydroxylation sites is 1. The molecule has 20 heteroatoms. The zero-order chi connectivity index (χ0) is 43.6. The SMILES string of the molecule is Cn1c(=O)n(C2CCC(=O)NC2=O)c2cccc(CCC(=O)Nc3cccc(CS(=O)(=O)N4CCC(Nc5cccc(-c6sc(C(=O)O)c(OCC(=O)O)c6Cl)c5)CC4)c3)c21.